The minimum Gasteiger partial charge on any atom is -0.494 e. The van der Waals surface area contributed by atoms with Gasteiger partial charge in [-0.15, -0.1) is 0 Å². The summed E-state index contributed by atoms with van der Waals surface area (Å²) in [6.45, 7) is 7.13. The van der Waals surface area contributed by atoms with E-state index in [1.807, 2.05) is 0 Å². The quantitative estimate of drug-likeness (QED) is 0.0233. The fourth-order valence-corrected chi connectivity index (χ4v) is 15.9. The van der Waals surface area contributed by atoms with Gasteiger partial charge < -0.3 is 84.4 Å². The molecule has 0 bridgehead atoms. The third-order valence-electron chi connectivity index (χ3n) is 24.7. The van der Waals surface area contributed by atoms with E-state index in [0.29, 0.717) is 185 Å². The summed E-state index contributed by atoms with van der Waals surface area (Å²) in [4.78, 5) is 210. The van der Waals surface area contributed by atoms with Crippen LogP contribution < -0.4 is 59.0 Å². The van der Waals surface area contributed by atoms with E-state index >= 15 is 0 Å². The number of amides is 5. The van der Waals surface area contributed by atoms with Crippen LogP contribution in [-0.2, 0) is 73.5 Å². The fourth-order valence-electron chi connectivity index (χ4n) is 15.9. The second kappa shape index (κ2) is 71.5. The summed E-state index contributed by atoms with van der Waals surface area (Å²) in [5.74, 6) is -8.14. The standard InChI is InChI=1S/C101H161N11O22.2H2/c1-72(113)75(36-26-30-61-108-94(122)86(104)42-23-19-24-44-89(117)84(102)40-28-32-60-107-92(120)59-50-77(99(129)130)66-80(115)39-20-14-10-6-4-8-12-16-34-64-133-82-54-46-73(47-55-82)97(125)126)67-90(118)76(68-91(119)101(2,3)69-81(116)52-51-78-70-106-71-111-78)37-27-31-62-109-96(124)87(105)43-29-33-63-110-95(123)85(103)41-22-18-21-38-79(114)53-58-88(100(131)132)112-93(121)45-25-15-11-7-5-9-13-17-35-65-134-83-56-48-74(49-57-83)98(127)128;;/h46-49,54-57,70-71,75-77,84-88H,4-45,50-53,58-69,102-105H2,1-3H3,(H,106,111)(H,107,120)(H,108,122)(H,109,124)(H,110,123)(H,112,121)(H,125,126)(H,127,128)(H,129,130)(H,131,132);2*1H/t75-,76-,77-,84+,85+,86+,87+,88+;;/m1../s1. The number of carboxylic acid groups (broad SMARTS) is 4. The number of nitrogens with zero attached hydrogens (tertiary/aromatic N) is 1. The zero-order valence-electron chi connectivity index (χ0n) is 80.3. The molecule has 2 aromatic carbocycles. The highest BCUT2D eigenvalue weighted by Crippen LogP contribution is 2.31. The number of hydrogen-bond acceptors (Lipinski definition) is 23. The Labute approximate surface area is 795 Å². The highest BCUT2D eigenvalue weighted by atomic mass is 16.5. The first kappa shape index (κ1) is 118. The van der Waals surface area contributed by atoms with E-state index in [1.165, 1.54) is 37.5 Å². The van der Waals surface area contributed by atoms with Crippen molar-refractivity contribution in [1.82, 2.24) is 36.6 Å². The van der Waals surface area contributed by atoms with Crippen LogP contribution in [0.2, 0.25) is 0 Å². The Bertz CT molecular complexity index is 3990. The van der Waals surface area contributed by atoms with Crippen LogP contribution in [0.25, 0.3) is 0 Å². The molecule has 0 fully saturated rings. The number of aliphatic carboxylic acids is 2. The second-order valence-corrected chi connectivity index (χ2v) is 36.8. The topological polar surface area (TPSA) is 565 Å². The number of aryl methyl sites for hydroxylation is 1. The highest BCUT2D eigenvalue weighted by molar-refractivity contribution is 5.95. The lowest BCUT2D eigenvalue weighted by Gasteiger charge is -2.26. The molecular weight excluding hydrogens is 1720 g/mol. The molecule has 0 aliphatic heterocycles. The molecule has 3 aromatic rings. The molecule has 5 amide bonds. The molecular formula is C101H165N11O22. The number of aromatic nitrogens is 2. The van der Waals surface area contributed by atoms with E-state index in [-0.39, 0.29) is 181 Å². The lowest BCUT2D eigenvalue weighted by molar-refractivity contribution is -0.144. The van der Waals surface area contributed by atoms with Crippen LogP contribution in [0.4, 0.5) is 0 Å². The average Bonchev–Trinajstić information content (AvgIpc) is 1.60. The number of ketones is 7. The van der Waals surface area contributed by atoms with Crippen molar-refractivity contribution in [3.05, 3.63) is 77.9 Å². The number of carbonyl (C=O) groups excluding carboxylic acids is 12. The van der Waals surface area contributed by atoms with Gasteiger partial charge in [0.1, 0.15) is 58.0 Å². The maximum atomic E-state index is 14.3. The van der Waals surface area contributed by atoms with Gasteiger partial charge in [-0.2, -0.15) is 0 Å². The number of imidazole rings is 1. The van der Waals surface area contributed by atoms with Crippen LogP contribution in [-0.4, -0.2) is 194 Å². The van der Waals surface area contributed by atoms with Crippen LogP contribution in [0.1, 0.15) is 377 Å². The summed E-state index contributed by atoms with van der Waals surface area (Å²) in [5.41, 5.74) is 25.0. The van der Waals surface area contributed by atoms with Crippen LogP contribution >= 0.6 is 0 Å². The predicted octanol–water partition coefficient (Wildman–Crippen LogP) is 14.2. The van der Waals surface area contributed by atoms with Gasteiger partial charge in [0.25, 0.3) is 0 Å². The van der Waals surface area contributed by atoms with Gasteiger partial charge in [-0.05, 0) is 190 Å². The van der Waals surface area contributed by atoms with E-state index in [2.05, 4.69) is 36.6 Å². The minimum atomic E-state index is -1.19. The number of ether oxygens (including phenoxy) is 2. The molecule has 8 atom stereocenters. The number of unbranched alkanes of at least 4 members (excludes halogenated alkanes) is 24. The summed E-state index contributed by atoms with van der Waals surface area (Å²) >= 11 is 0. The Morgan fingerprint density at radius 2 is 0.791 bits per heavy atom. The van der Waals surface area contributed by atoms with Crippen LogP contribution in [0, 0.1) is 23.2 Å². The molecule has 0 radical (unpaired) electrons. The van der Waals surface area contributed by atoms with Crippen molar-refractivity contribution in [3.63, 3.8) is 0 Å². The zero-order chi connectivity index (χ0) is 98.7. The zero-order valence-corrected chi connectivity index (χ0v) is 80.3. The molecule has 18 N–H and O–H groups in total. The van der Waals surface area contributed by atoms with Crippen molar-refractivity contribution in [2.75, 3.05) is 39.4 Å². The number of Topliss-reactive ketones (excluding diaryl/α,β-unsaturated/α-hetero) is 7. The number of benzene rings is 2. The number of rotatable bonds is 87. The van der Waals surface area contributed by atoms with Crippen molar-refractivity contribution in [2.45, 2.75) is 385 Å². The van der Waals surface area contributed by atoms with Crippen molar-refractivity contribution >= 4 is 93.9 Å². The Kier molecular flexibility index (Phi) is 63.1. The summed E-state index contributed by atoms with van der Waals surface area (Å²) in [5, 5.41) is 51.5. The molecule has 33 nitrogen and oxygen atoms in total. The molecule has 0 spiro atoms. The normalized spacial score (nSPS) is 13.2. The van der Waals surface area contributed by atoms with Gasteiger partial charge in [0.2, 0.25) is 29.5 Å². The van der Waals surface area contributed by atoms with Gasteiger partial charge in [-0.25, -0.2) is 19.4 Å². The Balaban J connectivity index is 0.0000462. The van der Waals surface area contributed by atoms with Gasteiger partial charge in [-0.1, -0.05) is 142 Å². The van der Waals surface area contributed by atoms with Crippen molar-refractivity contribution in [1.29, 1.82) is 0 Å². The van der Waals surface area contributed by atoms with Gasteiger partial charge in [-0.3, -0.25) is 62.3 Å². The molecule has 134 heavy (non-hydrogen) atoms. The molecule has 0 unspecified atom stereocenters. The smallest absolute Gasteiger partial charge is 0.335 e. The van der Waals surface area contributed by atoms with Gasteiger partial charge in [0.05, 0.1) is 60.8 Å². The van der Waals surface area contributed by atoms with Crippen LogP contribution in [0.15, 0.2) is 61.1 Å². The number of aromatic amines is 1. The fraction of sp³-hybridized carbons (Fsp3) is 0.693. The number of aromatic carboxylic acids is 2. The molecule has 0 aliphatic carbocycles. The third kappa shape index (κ3) is 57.0. The van der Waals surface area contributed by atoms with E-state index in [0.717, 1.165) is 108 Å². The molecule has 0 saturated carbocycles. The van der Waals surface area contributed by atoms with E-state index in [9.17, 15) is 86.9 Å². The maximum absolute atomic E-state index is 14.3. The number of nitrogens with one attached hydrogen (secondary N) is 6. The first-order valence-corrected chi connectivity index (χ1v) is 49.6. The number of H-pyrrole nitrogens is 1. The summed E-state index contributed by atoms with van der Waals surface area (Å²) < 4.78 is 11.4. The summed E-state index contributed by atoms with van der Waals surface area (Å²) in [7, 11) is 0. The van der Waals surface area contributed by atoms with Gasteiger partial charge >= 0.3 is 23.9 Å². The maximum Gasteiger partial charge on any atom is 0.335 e. The summed E-state index contributed by atoms with van der Waals surface area (Å²) in [6, 6.07) is 8.48. The molecule has 0 aliphatic rings. The Hall–Kier alpha value is -9.99. The Morgan fingerprint density at radius 3 is 1.24 bits per heavy atom. The highest BCUT2D eigenvalue weighted by Gasteiger charge is 2.35. The molecule has 756 valence electrons. The number of carboxylic acids is 4. The molecule has 0 saturated heterocycles. The number of carbonyl (C=O) groups is 16. The minimum absolute atomic E-state index is 0. The predicted molar refractivity (Wildman–Crippen MR) is 516 cm³/mol. The van der Waals surface area contributed by atoms with Gasteiger partial charge in [0.15, 0.2) is 0 Å². The van der Waals surface area contributed by atoms with E-state index in [4.69, 9.17) is 42.6 Å². The van der Waals surface area contributed by atoms with Crippen molar-refractivity contribution in [2.24, 2.45) is 46.1 Å². The van der Waals surface area contributed by atoms with Gasteiger partial charge in [0, 0.05) is 129 Å². The van der Waals surface area contributed by atoms with Crippen LogP contribution in [0.5, 0.6) is 11.5 Å². The second-order valence-electron chi connectivity index (χ2n) is 36.8. The number of nitrogens with two attached hydrogens (primary N) is 4. The van der Waals surface area contributed by atoms with Crippen molar-refractivity contribution in [3.8, 4) is 11.5 Å². The summed E-state index contributed by atoms with van der Waals surface area (Å²) in [6.07, 6.45) is 31.9. The first-order valence-electron chi connectivity index (χ1n) is 49.6. The lowest BCUT2D eigenvalue weighted by atomic mass is 9.76. The lowest BCUT2D eigenvalue weighted by Crippen LogP contribution is -2.42. The number of hydrogen-bond donors (Lipinski definition) is 14. The SMILES string of the molecule is CC(=O)[C@H](CCCCNC(=O)[C@@H](N)CCCCCC(=O)[C@@H](N)CCCCNC(=O)CC[C@H](CC(=O)CCCCCCCCCCCOc1ccc(C(=O)O)cc1)C(=O)O)CC(=O)[C@H](CCCCNC(=O)[C@@H](N)CCCCNC(=O)[C@@H](N)CCCCCC(=O)CC[C@H](NC(=O)CCCCCCCCCCCOc1ccc(C(=O)O)cc1)C(=O)O)CC(=O)C(C)(C)CC(=O)CCc1cnc[nH]1.[HH].[HH]. The van der Waals surface area contributed by atoms with Crippen LogP contribution in [0.3, 0.4) is 0 Å². The van der Waals surface area contributed by atoms with Crippen molar-refractivity contribution < 1.29 is 109 Å². The molecule has 1 heterocycles. The average molecular weight is 1890 g/mol. The first-order chi connectivity index (χ1) is 64.1. The monoisotopic (exact) mass is 1880 g/mol. The Morgan fingerprint density at radius 1 is 0.381 bits per heavy atom. The largest absolute Gasteiger partial charge is 0.494 e. The third-order valence-corrected chi connectivity index (χ3v) is 24.7. The van der Waals surface area contributed by atoms with E-state index in [1.54, 1.807) is 44.3 Å². The molecule has 1 aromatic heterocycles. The molecule has 3 rings (SSSR count). The van der Waals surface area contributed by atoms with E-state index < -0.39 is 77.3 Å². The molecule has 33 heteroatoms.